The molecule has 1 aliphatic carbocycles. The van der Waals surface area contributed by atoms with Crippen molar-refractivity contribution < 1.29 is 57.1 Å². The van der Waals surface area contributed by atoms with E-state index in [1.807, 2.05) is 27.2 Å². The van der Waals surface area contributed by atoms with Crippen molar-refractivity contribution in [3.63, 3.8) is 0 Å². The summed E-state index contributed by atoms with van der Waals surface area (Å²) in [5.74, 6) is -1.57. The van der Waals surface area contributed by atoms with Gasteiger partial charge in [-0.1, -0.05) is 113 Å². The first-order chi connectivity index (χ1) is 28.2. The van der Waals surface area contributed by atoms with Gasteiger partial charge >= 0.3 is 19.8 Å². The number of allylic oxidation sites excluding steroid dienone is 8. The topological polar surface area (TPSA) is 166 Å². The second-order valence-electron chi connectivity index (χ2n) is 16.5. The normalized spacial score (nSPS) is 19.8. The highest BCUT2D eigenvalue weighted by Gasteiger charge is 2.39. The summed E-state index contributed by atoms with van der Waals surface area (Å²) in [5.41, 5.74) is 0. The molecule has 12 nitrogen and oxygen atoms in total. The Morgan fingerprint density at radius 3 is 2.10 bits per heavy atom. The number of phosphoric ester groups is 1. The molecule has 6 atom stereocenters. The van der Waals surface area contributed by atoms with Crippen molar-refractivity contribution in [2.45, 2.75) is 154 Å². The Morgan fingerprint density at radius 1 is 0.814 bits per heavy atom. The molecule has 1 fully saturated rings. The molecule has 1 saturated carbocycles. The number of unbranched alkanes of at least 4 members (excludes halogenated alkanes) is 7. The van der Waals surface area contributed by atoms with E-state index >= 15 is 0 Å². The standard InChI is InChI=1S/C46H78NO11P/c1-6-8-10-11-12-13-14-15-16-17-18-19-20-21-26-30-45(51)55-37-40(38-57-59(53,54)56-35-34-47(3,4)5)58-46(52)31-27-23-22-25-29-41-42(44(50)36-43(41)49)33-32-39(48)28-24-9-7-2/h8,10,12-13,15-16,18-19,32-33,39-42,44,48,50H,6-7,9,11,14,17,20-31,34-38H2,1-5H3/p+1/b10-8-,13-12-,16-15-,19-18-,33-32+/t39-,40+,41+,42+,44+/m0/s1. The Labute approximate surface area is 356 Å². The minimum absolute atomic E-state index is 0.0211. The summed E-state index contributed by atoms with van der Waals surface area (Å²) < 4.78 is 34.2. The third kappa shape index (κ3) is 30.1. The second kappa shape index (κ2) is 33.0. The Morgan fingerprint density at radius 2 is 1.44 bits per heavy atom. The first kappa shape index (κ1) is 54.3. The van der Waals surface area contributed by atoms with Crippen molar-refractivity contribution >= 4 is 25.5 Å². The number of Topliss-reactive ketones (excluding diaryl/α,β-unsaturated/α-hetero) is 1. The molecule has 0 aliphatic heterocycles. The van der Waals surface area contributed by atoms with Gasteiger partial charge in [-0.3, -0.25) is 23.4 Å². The van der Waals surface area contributed by atoms with Gasteiger partial charge in [0.2, 0.25) is 0 Å². The Bertz CT molecular complexity index is 1350. The molecule has 1 aliphatic rings. The summed E-state index contributed by atoms with van der Waals surface area (Å²) in [7, 11) is 1.30. The van der Waals surface area contributed by atoms with E-state index in [4.69, 9.17) is 18.5 Å². The number of aliphatic hydroxyl groups is 2. The highest BCUT2D eigenvalue weighted by molar-refractivity contribution is 7.47. The lowest BCUT2D eigenvalue weighted by Gasteiger charge is -2.24. The molecule has 0 saturated heterocycles. The zero-order valence-electron chi connectivity index (χ0n) is 36.9. The molecule has 0 amide bonds. The molecule has 1 rings (SSSR count). The van der Waals surface area contributed by atoms with Crippen molar-refractivity contribution in [2.75, 3.05) is 47.5 Å². The highest BCUT2D eigenvalue weighted by atomic mass is 31.2. The second-order valence-corrected chi connectivity index (χ2v) is 17.9. The number of aliphatic hydroxyl groups excluding tert-OH is 2. The largest absolute Gasteiger partial charge is 0.472 e. The number of hydrogen-bond donors (Lipinski definition) is 3. The number of hydrogen-bond acceptors (Lipinski definition) is 10. The molecule has 0 bridgehead atoms. The van der Waals surface area contributed by atoms with Gasteiger partial charge in [-0.25, -0.2) is 4.57 Å². The Hall–Kier alpha value is -2.70. The van der Waals surface area contributed by atoms with Crippen LogP contribution in [0.15, 0.2) is 60.8 Å². The van der Waals surface area contributed by atoms with E-state index in [9.17, 15) is 34.1 Å². The molecule has 13 heteroatoms. The minimum atomic E-state index is -4.45. The average Bonchev–Trinajstić information content (AvgIpc) is 3.44. The van der Waals surface area contributed by atoms with Crippen LogP contribution in [0, 0.1) is 11.8 Å². The fourth-order valence-corrected chi connectivity index (χ4v) is 7.17. The number of nitrogens with zero attached hydrogens (tertiary/aromatic N) is 1. The van der Waals surface area contributed by atoms with Crippen LogP contribution < -0.4 is 0 Å². The number of esters is 2. The number of ketones is 1. The SMILES string of the molecule is CC/C=C\C/C=C\C/C=C\C/C=C\CCCCC(=O)OC[C@H](COP(=O)(O)OCC[N+](C)(C)C)OC(=O)CCCCCC[C@H]1C(=O)C[C@@H](O)[C@@H]1/C=C/[C@@H](O)CCCCC. The van der Waals surface area contributed by atoms with Crippen LogP contribution in [0.5, 0.6) is 0 Å². The zero-order valence-corrected chi connectivity index (χ0v) is 37.8. The Balaban J connectivity index is 2.52. The van der Waals surface area contributed by atoms with E-state index < -0.39 is 44.7 Å². The van der Waals surface area contributed by atoms with Crippen molar-refractivity contribution in [1.82, 2.24) is 0 Å². The maximum absolute atomic E-state index is 12.8. The van der Waals surface area contributed by atoms with E-state index in [0.717, 1.165) is 70.6 Å². The molecular formula is C46H79NO11P+. The van der Waals surface area contributed by atoms with Crippen molar-refractivity contribution in [3.8, 4) is 0 Å². The molecule has 338 valence electrons. The van der Waals surface area contributed by atoms with Crippen LogP contribution in [0.25, 0.3) is 0 Å². The maximum Gasteiger partial charge on any atom is 0.472 e. The van der Waals surface area contributed by atoms with Crippen molar-refractivity contribution in [3.05, 3.63) is 60.8 Å². The van der Waals surface area contributed by atoms with Crippen LogP contribution in [0.2, 0.25) is 0 Å². The third-order valence-corrected chi connectivity index (χ3v) is 10.9. The van der Waals surface area contributed by atoms with Gasteiger partial charge in [0.05, 0.1) is 40.0 Å². The van der Waals surface area contributed by atoms with E-state index in [-0.39, 0.29) is 50.1 Å². The zero-order chi connectivity index (χ0) is 43.8. The molecule has 1 unspecified atom stereocenters. The number of phosphoric acid groups is 1. The predicted octanol–water partition coefficient (Wildman–Crippen LogP) is 9.05. The number of quaternary nitrogens is 1. The minimum Gasteiger partial charge on any atom is -0.462 e. The van der Waals surface area contributed by atoms with Gasteiger partial charge in [0, 0.05) is 31.1 Å². The predicted molar refractivity (Wildman–Crippen MR) is 234 cm³/mol. The van der Waals surface area contributed by atoms with Gasteiger partial charge in [-0.2, -0.15) is 0 Å². The van der Waals surface area contributed by atoms with Gasteiger partial charge in [-0.05, 0) is 64.2 Å². The highest BCUT2D eigenvalue weighted by Crippen LogP contribution is 2.43. The average molecular weight is 853 g/mol. The van der Waals surface area contributed by atoms with Gasteiger partial charge in [0.1, 0.15) is 25.5 Å². The molecule has 0 aromatic carbocycles. The fraction of sp³-hybridized carbons (Fsp3) is 0.717. The number of ether oxygens (including phenoxy) is 2. The van der Waals surface area contributed by atoms with Crippen LogP contribution in [0.3, 0.4) is 0 Å². The number of likely N-dealkylation sites (N-methyl/N-ethyl adjacent to an activating group) is 1. The number of rotatable bonds is 35. The summed E-state index contributed by atoms with van der Waals surface area (Å²) in [6.45, 7) is 3.86. The smallest absolute Gasteiger partial charge is 0.462 e. The van der Waals surface area contributed by atoms with Crippen molar-refractivity contribution in [2.24, 2.45) is 11.8 Å². The lowest BCUT2D eigenvalue weighted by Crippen LogP contribution is -2.37. The molecule has 0 spiro atoms. The summed E-state index contributed by atoms with van der Waals surface area (Å²) in [6, 6.07) is 0. The van der Waals surface area contributed by atoms with Crippen LogP contribution in [-0.2, 0) is 37.5 Å². The van der Waals surface area contributed by atoms with Crippen LogP contribution in [0.4, 0.5) is 0 Å². The van der Waals surface area contributed by atoms with E-state index in [0.29, 0.717) is 43.1 Å². The summed E-state index contributed by atoms with van der Waals surface area (Å²) >= 11 is 0. The first-order valence-corrected chi connectivity index (χ1v) is 23.6. The molecule has 0 radical (unpaired) electrons. The molecule has 0 aromatic rings. The quantitative estimate of drug-likeness (QED) is 0.0183. The van der Waals surface area contributed by atoms with Gasteiger partial charge < -0.3 is 29.1 Å². The van der Waals surface area contributed by atoms with Gasteiger partial charge in [-0.15, -0.1) is 0 Å². The lowest BCUT2D eigenvalue weighted by molar-refractivity contribution is -0.870. The summed E-state index contributed by atoms with van der Waals surface area (Å²) in [5, 5.41) is 20.8. The van der Waals surface area contributed by atoms with Gasteiger partial charge in [0.25, 0.3) is 0 Å². The molecule has 0 heterocycles. The number of carbonyl (C=O) groups excluding carboxylic acids is 3. The first-order valence-electron chi connectivity index (χ1n) is 22.1. The maximum atomic E-state index is 12.8. The van der Waals surface area contributed by atoms with Crippen LogP contribution in [0.1, 0.15) is 136 Å². The lowest BCUT2D eigenvalue weighted by atomic mass is 9.88. The summed E-state index contributed by atoms with van der Waals surface area (Å²) in [6.07, 6.45) is 31.8. The molecule has 0 aromatic heterocycles. The monoisotopic (exact) mass is 853 g/mol. The van der Waals surface area contributed by atoms with E-state index in [2.05, 4.69) is 62.5 Å². The van der Waals surface area contributed by atoms with Gasteiger partial charge in [0.15, 0.2) is 6.10 Å². The fourth-order valence-electron chi connectivity index (χ4n) is 6.43. The van der Waals surface area contributed by atoms with Crippen LogP contribution >= 0.6 is 7.82 Å². The third-order valence-electron chi connectivity index (χ3n) is 9.93. The summed E-state index contributed by atoms with van der Waals surface area (Å²) in [4.78, 5) is 48.2. The molecule has 3 N–H and O–H groups in total. The van der Waals surface area contributed by atoms with E-state index in [1.54, 1.807) is 6.08 Å². The Kier molecular flexibility index (Phi) is 30.4. The molecule has 59 heavy (non-hydrogen) atoms. The molecular weight excluding hydrogens is 773 g/mol. The van der Waals surface area contributed by atoms with Crippen LogP contribution in [-0.4, -0.2) is 103 Å². The van der Waals surface area contributed by atoms with Crippen molar-refractivity contribution in [1.29, 1.82) is 0 Å². The number of carbonyl (C=O) groups is 3. The van der Waals surface area contributed by atoms with E-state index in [1.165, 1.54) is 0 Å².